The lowest BCUT2D eigenvalue weighted by atomic mass is 10.2. The molecule has 1 fully saturated rings. The molecule has 0 aromatic heterocycles. The first kappa shape index (κ1) is 17.8. The van der Waals surface area contributed by atoms with Gasteiger partial charge in [-0.25, -0.2) is 0 Å². The van der Waals surface area contributed by atoms with Gasteiger partial charge in [0.25, 0.3) is 5.91 Å². The van der Waals surface area contributed by atoms with Gasteiger partial charge in [0.05, 0.1) is 0 Å². The lowest BCUT2D eigenvalue weighted by Gasteiger charge is -2.36. The van der Waals surface area contributed by atoms with Gasteiger partial charge in [0.15, 0.2) is 0 Å². The van der Waals surface area contributed by atoms with Crippen molar-refractivity contribution in [3.05, 3.63) is 64.7 Å². The van der Waals surface area contributed by atoms with E-state index in [4.69, 9.17) is 11.6 Å². The number of nitrogens with one attached hydrogen (secondary N) is 1. The smallest absolute Gasteiger partial charge is 0.251 e. The van der Waals surface area contributed by atoms with Gasteiger partial charge in [0.1, 0.15) is 0 Å². The highest BCUT2D eigenvalue weighted by atomic mass is 35.5. The first-order valence-corrected chi connectivity index (χ1v) is 9.07. The van der Waals surface area contributed by atoms with E-state index in [9.17, 15) is 4.79 Å². The second-order valence-electron chi connectivity index (χ2n) is 6.43. The molecule has 25 heavy (non-hydrogen) atoms. The Balaban J connectivity index is 1.40. The fraction of sp³-hybridized carbons (Fsp3) is 0.350. The summed E-state index contributed by atoms with van der Waals surface area (Å²) in [5, 5.41) is 3.62. The molecule has 1 aliphatic heterocycles. The Kier molecular flexibility index (Phi) is 5.95. The fourth-order valence-electron chi connectivity index (χ4n) is 3.02. The van der Waals surface area contributed by atoms with Gasteiger partial charge in [-0.2, -0.15) is 0 Å². The number of carbonyl (C=O) groups excluding carboxylic acids is 1. The Morgan fingerprint density at radius 3 is 2.28 bits per heavy atom. The van der Waals surface area contributed by atoms with E-state index in [1.54, 1.807) is 24.3 Å². The third-order valence-electron chi connectivity index (χ3n) is 4.59. The van der Waals surface area contributed by atoms with E-state index in [1.807, 2.05) is 0 Å². The van der Waals surface area contributed by atoms with Gasteiger partial charge in [-0.05, 0) is 43.3 Å². The molecule has 1 aliphatic rings. The number of nitrogens with zero attached hydrogens (tertiary/aromatic N) is 2. The minimum Gasteiger partial charge on any atom is -0.369 e. The van der Waals surface area contributed by atoms with Crippen LogP contribution in [0.2, 0.25) is 5.02 Å². The van der Waals surface area contributed by atoms with Crippen molar-refractivity contribution in [3.8, 4) is 0 Å². The zero-order valence-corrected chi connectivity index (χ0v) is 15.3. The molecule has 0 saturated carbocycles. The van der Waals surface area contributed by atoms with E-state index in [2.05, 4.69) is 46.3 Å². The largest absolute Gasteiger partial charge is 0.369 e. The summed E-state index contributed by atoms with van der Waals surface area (Å²) < 4.78 is 0. The van der Waals surface area contributed by atoms with E-state index in [0.29, 0.717) is 17.1 Å². The second kappa shape index (κ2) is 8.37. The molecular formula is C20H24ClN3O. The van der Waals surface area contributed by atoms with Crippen molar-refractivity contribution in [2.24, 2.45) is 0 Å². The van der Waals surface area contributed by atoms with Crippen molar-refractivity contribution in [1.82, 2.24) is 10.2 Å². The zero-order valence-electron chi connectivity index (χ0n) is 14.5. The second-order valence-corrected chi connectivity index (χ2v) is 6.86. The van der Waals surface area contributed by atoms with Crippen LogP contribution in [-0.4, -0.2) is 50.1 Å². The zero-order chi connectivity index (χ0) is 17.6. The number of benzene rings is 2. The van der Waals surface area contributed by atoms with Crippen LogP contribution >= 0.6 is 11.6 Å². The third kappa shape index (κ3) is 4.97. The van der Waals surface area contributed by atoms with Gasteiger partial charge < -0.3 is 10.2 Å². The van der Waals surface area contributed by atoms with Crippen LogP contribution in [0.5, 0.6) is 0 Å². The normalized spacial score (nSPS) is 15.2. The van der Waals surface area contributed by atoms with Gasteiger partial charge >= 0.3 is 0 Å². The van der Waals surface area contributed by atoms with E-state index in [-0.39, 0.29) is 5.91 Å². The maximum atomic E-state index is 12.1. The van der Waals surface area contributed by atoms with Gasteiger partial charge in [-0.15, -0.1) is 0 Å². The Morgan fingerprint density at radius 1 is 1.00 bits per heavy atom. The summed E-state index contributed by atoms with van der Waals surface area (Å²) in [6, 6.07) is 15.7. The van der Waals surface area contributed by atoms with E-state index >= 15 is 0 Å². The maximum Gasteiger partial charge on any atom is 0.251 e. The van der Waals surface area contributed by atoms with Crippen LogP contribution in [0.25, 0.3) is 0 Å². The molecule has 0 atom stereocenters. The Morgan fingerprint density at radius 2 is 1.64 bits per heavy atom. The minimum atomic E-state index is -0.0463. The van der Waals surface area contributed by atoms with E-state index < -0.39 is 0 Å². The molecule has 2 aromatic rings. The van der Waals surface area contributed by atoms with Crippen LogP contribution in [0.4, 0.5) is 5.69 Å². The highest BCUT2D eigenvalue weighted by Crippen LogP contribution is 2.17. The summed E-state index contributed by atoms with van der Waals surface area (Å²) in [7, 11) is 0. The first-order valence-electron chi connectivity index (χ1n) is 8.69. The topological polar surface area (TPSA) is 35.6 Å². The van der Waals surface area contributed by atoms with Crippen molar-refractivity contribution in [2.75, 3.05) is 44.2 Å². The van der Waals surface area contributed by atoms with Crippen LogP contribution in [0.15, 0.2) is 48.5 Å². The average Bonchev–Trinajstić information content (AvgIpc) is 2.63. The predicted molar refractivity (Wildman–Crippen MR) is 104 cm³/mol. The number of piperazine rings is 1. The Labute approximate surface area is 154 Å². The lowest BCUT2D eigenvalue weighted by molar-refractivity contribution is 0.0948. The number of hydrogen-bond donors (Lipinski definition) is 1. The van der Waals surface area contributed by atoms with E-state index in [1.165, 1.54) is 11.3 Å². The molecule has 0 bridgehead atoms. The Bertz CT molecular complexity index is 692. The summed E-state index contributed by atoms with van der Waals surface area (Å²) in [4.78, 5) is 16.9. The predicted octanol–water partition coefficient (Wildman–Crippen LogP) is 3.20. The summed E-state index contributed by atoms with van der Waals surface area (Å²) in [5.41, 5.74) is 3.23. The average molecular weight is 358 g/mol. The fourth-order valence-corrected chi connectivity index (χ4v) is 3.14. The number of amides is 1. The maximum absolute atomic E-state index is 12.1. The van der Waals surface area contributed by atoms with Crippen molar-refractivity contribution < 1.29 is 4.79 Å². The number of halogens is 1. The molecule has 5 heteroatoms. The molecule has 1 amide bonds. The van der Waals surface area contributed by atoms with Gasteiger partial charge in [0, 0.05) is 55.5 Å². The molecule has 2 aromatic carbocycles. The molecule has 132 valence electrons. The van der Waals surface area contributed by atoms with Crippen LogP contribution in [0, 0.1) is 6.92 Å². The van der Waals surface area contributed by atoms with Crippen LogP contribution in [-0.2, 0) is 0 Å². The van der Waals surface area contributed by atoms with Crippen molar-refractivity contribution >= 4 is 23.2 Å². The lowest BCUT2D eigenvalue weighted by Crippen LogP contribution is -2.48. The highest BCUT2D eigenvalue weighted by molar-refractivity contribution is 6.30. The number of carbonyl (C=O) groups is 1. The first-order chi connectivity index (χ1) is 12.1. The summed E-state index contributed by atoms with van der Waals surface area (Å²) in [6.07, 6.45) is 0. The van der Waals surface area contributed by atoms with Crippen LogP contribution in [0.1, 0.15) is 15.9 Å². The molecule has 1 heterocycles. The summed E-state index contributed by atoms with van der Waals surface area (Å²) in [5.74, 6) is -0.0463. The van der Waals surface area contributed by atoms with Crippen LogP contribution in [0.3, 0.4) is 0 Å². The monoisotopic (exact) mass is 357 g/mol. The quantitative estimate of drug-likeness (QED) is 0.892. The minimum absolute atomic E-state index is 0.0463. The van der Waals surface area contributed by atoms with Gasteiger partial charge in [0.2, 0.25) is 0 Å². The molecule has 0 radical (unpaired) electrons. The Hall–Kier alpha value is -2.04. The number of anilines is 1. The third-order valence-corrected chi connectivity index (χ3v) is 4.84. The van der Waals surface area contributed by atoms with Crippen molar-refractivity contribution in [2.45, 2.75) is 6.92 Å². The van der Waals surface area contributed by atoms with Crippen molar-refractivity contribution in [1.29, 1.82) is 0 Å². The molecule has 4 nitrogen and oxygen atoms in total. The summed E-state index contributed by atoms with van der Waals surface area (Å²) >= 11 is 5.84. The molecule has 1 N–H and O–H groups in total. The van der Waals surface area contributed by atoms with Crippen LogP contribution < -0.4 is 10.2 Å². The standard InChI is InChI=1S/C20H24ClN3O/c1-16-2-8-19(9-3-16)24-14-12-23(13-15-24)11-10-22-20(25)17-4-6-18(21)7-5-17/h2-9H,10-15H2,1H3,(H,22,25). The number of rotatable bonds is 5. The van der Waals surface area contributed by atoms with Gasteiger partial charge in [-0.3, -0.25) is 9.69 Å². The molecule has 3 rings (SSSR count). The van der Waals surface area contributed by atoms with E-state index in [0.717, 1.165) is 32.7 Å². The molecule has 0 aliphatic carbocycles. The summed E-state index contributed by atoms with van der Waals surface area (Å²) in [6.45, 7) is 7.73. The van der Waals surface area contributed by atoms with Gasteiger partial charge in [-0.1, -0.05) is 29.3 Å². The molecule has 1 saturated heterocycles. The SMILES string of the molecule is Cc1ccc(N2CCN(CCNC(=O)c3ccc(Cl)cc3)CC2)cc1. The molecular weight excluding hydrogens is 334 g/mol. The number of aryl methyl sites for hydroxylation is 1. The van der Waals surface area contributed by atoms with Crippen molar-refractivity contribution in [3.63, 3.8) is 0 Å². The molecule has 0 spiro atoms. The molecule has 0 unspecified atom stereocenters. The number of hydrogen-bond acceptors (Lipinski definition) is 3. The highest BCUT2D eigenvalue weighted by Gasteiger charge is 2.17.